The van der Waals surface area contributed by atoms with Crippen molar-refractivity contribution in [2.24, 2.45) is 0 Å². The highest BCUT2D eigenvalue weighted by atomic mass is 32.2. The summed E-state index contributed by atoms with van der Waals surface area (Å²) in [5.41, 5.74) is 2.51. The van der Waals surface area contributed by atoms with Crippen LogP contribution in [0.2, 0.25) is 0 Å². The number of carbonyl (C=O) groups is 1. The number of amides is 1. The Balaban J connectivity index is 1.37. The van der Waals surface area contributed by atoms with Gasteiger partial charge in [0.25, 0.3) is 5.91 Å². The van der Waals surface area contributed by atoms with E-state index in [9.17, 15) is 4.79 Å². The number of nitrogens with zero attached hydrogens (tertiary/aromatic N) is 3. The molecule has 0 saturated carbocycles. The molecule has 0 unspecified atom stereocenters. The molecule has 0 bridgehead atoms. The van der Waals surface area contributed by atoms with Crippen molar-refractivity contribution < 1.29 is 9.53 Å². The minimum absolute atomic E-state index is 0.295. The van der Waals surface area contributed by atoms with E-state index in [1.54, 1.807) is 24.3 Å². The first kappa shape index (κ1) is 19.6. The molecule has 1 N–H and O–H groups in total. The zero-order valence-electron chi connectivity index (χ0n) is 15.4. The Labute approximate surface area is 180 Å². The highest BCUT2D eigenvalue weighted by Crippen LogP contribution is 2.29. The van der Waals surface area contributed by atoms with Gasteiger partial charge in [-0.15, -0.1) is 21.5 Å². The largest absolute Gasteiger partial charge is 0.497 e. The topological polar surface area (TPSA) is 77.0 Å². The normalized spacial score (nSPS) is 10.7. The molecule has 2 aromatic heterocycles. The average molecular weight is 441 g/mol. The number of anilines is 1. The minimum Gasteiger partial charge on any atom is -0.497 e. The minimum atomic E-state index is -0.295. The van der Waals surface area contributed by atoms with Crippen LogP contribution < -0.4 is 10.1 Å². The maximum Gasteiger partial charge on any atom is 0.276 e. The van der Waals surface area contributed by atoms with Crippen molar-refractivity contribution in [3.05, 3.63) is 71.2 Å². The van der Waals surface area contributed by atoms with Crippen LogP contribution in [0.4, 0.5) is 5.13 Å². The number of thiazole rings is 1. The van der Waals surface area contributed by atoms with Crippen molar-refractivity contribution >= 4 is 45.5 Å². The van der Waals surface area contributed by atoms with Crippen LogP contribution in [0.5, 0.6) is 5.75 Å². The van der Waals surface area contributed by atoms with E-state index < -0.39 is 0 Å². The van der Waals surface area contributed by atoms with E-state index in [0.29, 0.717) is 10.8 Å². The summed E-state index contributed by atoms with van der Waals surface area (Å²) >= 11 is 4.36. The second-order valence-corrected chi connectivity index (χ2v) is 8.93. The van der Waals surface area contributed by atoms with Gasteiger partial charge in [-0.1, -0.05) is 53.4 Å². The van der Waals surface area contributed by atoms with Crippen molar-refractivity contribution in [2.45, 2.75) is 10.1 Å². The molecule has 2 heterocycles. The Morgan fingerprint density at radius 3 is 2.66 bits per heavy atom. The first-order chi connectivity index (χ1) is 14.2. The van der Waals surface area contributed by atoms with Gasteiger partial charge in [-0.25, -0.2) is 4.98 Å². The molecule has 29 heavy (non-hydrogen) atoms. The number of benzene rings is 2. The molecule has 0 saturated heterocycles. The summed E-state index contributed by atoms with van der Waals surface area (Å²) in [5, 5.41) is 13.9. The molecule has 1 amide bonds. The highest BCUT2D eigenvalue weighted by Gasteiger charge is 2.15. The molecule has 4 aromatic rings. The Morgan fingerprint density at radius 2 is 1.90 bits per heavy atom. The first-order valence-electron chi connectivity index (χ1n) is 8.63. The van der Waals surface area contributed by atoms with Gasteiger partial charge in [-0.3, -0.25) is 10.1 Å². The fraction of sp³-hybridized carbons (Fsp3) is 0.100. The summed E-state index contributed by atoms with van der Waals surface area (Å²) in [6.45, 7) is 0. The SMILES string of the molecule is COc1ccc(-c2nc(C(=O)Nc3nnc(SCc4ccccc4)s3)cs2)cc1. The quantitative estimate of drug-likeness (QED) is 0.314. The van der Waals surface area contributed by atoms with Crippen molar-refractivity contribution in [3.8, 4) is 16.3 Å². The summed E-state index contributed by atoms with van der Waals surface area (Å²) in [5.74, 6) is 1.29. The number of nitrogens with one attached hydrogen (secondary N) is 1. The van der Waals surface area contributed by atoms with Gasteiger partial charge in [0.2, 0.25) is 5.13 Å². The number of aromatic nitrogens is 3. The number of ether oxygens (including phenoxy) is 1. The molecule has 6 nitrogen and oxygen atoms in total. The molecule has 0 spiro atoms. The van der Waals surface area contributed by atoms with Crippen LogP contribution in [0.3, 0.4) is 0 Å². The lowest BCUT2D eigenvalue weighted by molar-refractivity contribution is 0.102. The summed E-state index contributed by atoms with van der Waals surface area (Å²) < 4.78 is 5.97. The highest BCUT2D eigenvalue weighted by molar-refractivity contribution is 8.00. The fourth-order valence-corrected chi connectivity index (χ4v) is 4.95. The molecule has 9 heteroatoms. The lowest BCUT2D eigenvalue weighted by Gasteiger charge is -2.00. The van der Waals surface area contributed by atoms with Gasteiger partial charge in [-0.05, 0) is 29.8 Å². The predicted molar refractivity (Wildman–Crippen MR) is 118 cm³/mol. The van der Waals surface area contributed by atoms with Gasteiger partial charge >= 0.3 is 0 Å². The second-order valence-electron chi connectivity index (χ2n) is 5.87. The lowest BCUT2D eigenvalue weighted by atomic mass is 10.2. The van der Waals surface area contributed by atoms with Crippen LogP contribution in [0.15, 0.2) is 64.3 Å². The van der Waals surface area contributed by atoms with Gasteiger partial charge < -0.3 is 4.74 Å². The van der Waals surface area contributed by atoms with E-state index in [-0.39, 0.29) is 5.91 Å². The summed E-state index contributed by atoms with van der Waals surface area (Å²) in [4.78, 5) is 16.9. The Morgan fingerprint density at radius 1 is 1.10 bits per heavy atom. The third kappa shape index (κ3) is 5.00. The number of carbonyl (C=O) groups excluding carboxylic acids is 1. The lowest BCUT2D eigenvalue weighted by Crippen LogP contribution is -2.12. The van der Waals surface area contributed by atoms with E-state index in [2.05, 4.69) is 32.6 Å². The molecular formula is C20H16N4O2S3. The van der Waals surface area contributed by atoms with Crippen molar-refractivity contribution in [1.29, 1.82) is 0 Å². The Kier molecular flexibility index (Phi) is 6.18. The van der Waals surface area contributed by atoms with Crippen LogP contribution in [-0.4, -0.2) is 28.2 Å². The predicted octanol–water partition coefficient (Wildman–Crippen LogP) is 5.21. The first-order valence-corrected chi connectivity index (χ1v) is 11.3. The van der Waals surface area contributed by atoms with Crippen LogP contribution in [0.1, 0.15) is 16.1 Å². The number of hydrogen-bond acceptors (Lipinski definition) is 8. The van der Waals surface area contributed by atoms with Gasteiger partial charge in [0.1, 0.15) is 16.5 Å². The smallest absolute Gasteiger partial charge is 0.276 e. The summed E-state index contributed by atoms with van der Waals surface area (Å²) in [7, 11) is 1.62. The third-order valence-corrected chi connectivity index (χ3v) is 6.84. The number of methoxy groups -OCH3 is 1. The molecule has 0 aliphatic carbocycles. The summed E-state index contributed by atoms with van der Waals surface area (Å²) in [6, 6.07) is 17.7. The monoisotopic (exact) mass is 440 g/mol. The van der Waals surface area contributed by atoms with Crippen LogP contribution in [-0.2, 0) is 5.75 Å². The van der Waals surface area contributed by atoms with E-state index in [4.69, 9.17) is 4.74 Å². The van der Waals surface area contributed by atoms with Crippen molar-refractivity contribution in [3.63, 3.8) is 0 Å². The van der Waals surface area contributed by atoms with E-state index in [0.717, 1.165) is 26.4 Å². The van der Waals surface area contributed by atoms with Gasteiger partial charge in [0, 0.05) is 16.7 Å². The Bertz CT molecular complexity index is 1090. The zero-order valence-corrected chi connectivity index (χ0v) is 17.8. The summed E-state index contributed by atoms with van der Waals surface area (Å²) in [6.07, 6.45) is 0. The van der Waals surface area contributed by atoms with E-state index in [1.165, 1.54) is 28.2 Å². The molecule has 0 aliphatic rings. The van der Waals surface area contributed by atoms with E-state index in [1.807, 2.05) is 42.5 Å². The maximum absolute atomic E-state index is 12.5. The molecule has 0 aliphatic heterocycles. The van der Waals surface area contributed by atoms with E-state index >= 15 is 0 Å². The van der Waals surface area contributed by atoms with Crippen molar-refractivity contribution in [1.82, 2.24) is 15.2 Å². The maximum atomic E-state index is 12.5. The number of thioether (sulfide) groups is 1. The number of rotatable bonds is 7. The van der Waals surface area contributed by atoms with Crippen LogP contribution >= 0.6 is 34.4 Å². The van der Waals surface area contributed by atoms with Gasteiger partial charge in [-0.2, -0.15) is 0 Å². The zero-order chi connectivity index (χ0) is 20.1. The molecule has 2 aromatic carbocycles. The Hall–Kier alpha value is -2.75. The number of hydrogen-bond donors (Lipinski definition) is 1. The van der Waals surface area contributed by atoms with Gasteiger partial charge in [0.05, 0.1) is 7.11 Å². The molecule has 0 radical (unpaired) electrons. The molecule has 4 rings (SSSR count). The van der Waals surface area contributed by atoms with Crippen molar-refractivity contribution in [2.75, 3.05) is 12.4 Å². The molecular weight excluding hydrogens is 424 g/mol. The van der Waals surface area contributed by atoms with Crippen LogP contribution in [0.25, 0.3) is 10.6 Å². The van der Waals surface area contributed by atoms with Crippen LogP contribution in [0, 0.1) is 0 Å². The average Bonchev–Trinajstić information content (AvgIpc) is 3.43. The van der Waals surface area contributed by atoms with Gasteiger partial charge in [0.15, 0.2) is 4.34 Å². The molecule has 0 atom stereocenters. The molecule has 146 valence electrons. The second kappa shape index (κ2) is 9.17. The fourth-order valence-electron chi connectivity index (χ4n) is 2.44. The standard InChI is InChI=1S/C20H16N4O2S3/c1-26-15-9-7-14(8-10-15)18-21-16(12-27-18)17(25)22-19-23-24-20(29-19)28-11-13-5-3-2-4-6-13/h2-10,12H,11H2,1H3,(H,22,23,25). The third-order valence-electron chi connectivity index (χ3n) is 3.91. The molecule has 0 fully saturated rings.